The quantitative estimate of drug-likeness (QED) is 0.829. The van der Waals surface area contributed by atoms with Crippen LogP contribution in [0, 0.1) is 0 Å². The molecule has 6 nitrogen and oxygen atoms in total. The number of nitrogens with zero attached hydrogens (tertiary/aromatic N) is 2. The lowest BCUT2D eigenvalue weighted by molar-refractivity contribution is 0.601. The van der Waals surface area contributed by atoms with Gasteiger partial charge in [-0.1, -0.05) is 29.9 Å². The van der Waals surface area contributed by atoms with Gasteiger partial charge in [0.15, 0.2) is 5.82 Å². The number of nitrogens with two attached hydrogens (primary N) is 1. The van der Waals surface area contributed by atoms with Crippen LogP contribution in [0.3, 0.4) is 0 Å². The standard InChI is InChI=1S/C11H11ClN4O2S2/c1-16-5-4-10(14-16)15-20(17,18)9-3-2-7(11(13)19)6-8(9)12/h2-6H,1H3,(H2,13,19)(H,14,15). The molecule has 0 fully saturated rings. The van der Waals surface area contributed by atoms with E-state index in [4.69, 9.17) is 29.6 Å². The molecule has 0 saturated heterocycles. The lowest BCUT2D eigenvalue weighted by Crippen LogP contribution is -2.15. The molecule has 0 bridgehead atoms. The highest BCUT2D eigenvalue weighted by Crippen LogP contribution is 2.24. The van der Waals surface area contributed by atoms with Crippen LogP contribution in [0.4, 0.5) is 5.82 Å². The molecular formula is C11H11ClN4O2S2. The van der Waals surface area contributed by atoms with Crippen molar-refractivity contribution in [3.63, 3.8) is 0 Å². The normalized spacial score (nSPS) is 11.3. The number of aryl methyl sites for hydroxylation is 1. The molecule has 0 radical (unpaired) electrons. The maximum absolute atomic E-state index is 12.2. The summed E-state index contributed by atoms with van der Waals surface area (Å²) in [5.41, 5.74) is 5.96. The van der Waals surface area contributed by atoms with E-state index in [1.165, 1.54) is 28.9 Å². The third kappa shape index (κ3) is 3.09. The number of halogens is 1. The third-order valence-electron chi connectivity index (χ3n) is 2.46. The second kappa shape index (κ2) is 5.39. The van der Waals surface area contributed by atoms with E-state index in [0.717, 1.165) is 0 Å². The summed E-state index contributed by atoms with van der Waals surface area (Å²) in [5.74, 6) is 0.210. The van der Waals surface area contributed by atoms with Crippen molar-refractivity contribution in [2.45, 2.75) is 4.90 Å². The van der Waals surface area contributed by atoms with E-state index in [-0.39, 0.29) is 20.7 Å². The van der Waals surface area contributed by atoms with Crippen molar-refractivity contribution in [1.29, 1.82) is 0 Å². The van der Waals surface area contributed by atoms with E-state index in [0.29, 0.717) is 5.56 Å². The van der Waals surface area contributed by atoms with E-state index in [1.54, 1.807) is 13.2 Å². The topological polar surface area (TPSA) is 90.0 Å². The Morgan fingerprint density at radius 2 is 2.15 bits per heavy atom. The van der Waals surface area contributed by atoms with Crippen LogP contribution in [0.5, 0.6) is 0 Å². The van der Waals surface area contributed by atoms with Crippen molar-refractivity contribution in [3.8, 4) is 0 Å². The summed E-state index contributed by atoms with van der Waals surface area (Å²) >= 11 is 10.8. The minimum atomic E-state index is -3.81. The van der Waals surface area contributed by atoms with Gasteiger partial charge in [-0.15, -0.1) is 0 Å². The highest BCUT2D eigenvalue weighted by atomic mass is 35.5. The Morgan fingerprint density at radius 3 is 2.65 bits per heavy atom. The van der Waals surface area contributed by atoms with Crippen LogP contribution in [-0.2, 0) is 17.1 Å². The number of hydrogen-bond acceptors (Lipinski definition) is 4. The fourth-order valence-corrected chi connectivity index (χ4v) is 3.20. The molecule has 1 aromatic heterocycles. The molecule has 2 aromatic rings. The van der Waals surface area contributed by atoms with Gasteiger partial charge in [0, 0.05) is 24.9 Å². The van der Waals surface area contributed by atoms with Gasteiger partial charge >= 0.3 is 0 Å². The molecule has 2 rings (SSSR count). The van der Waals surface area contributed by atoms with E-state index in [1.807, 2.05) is 0 Å². The van der Waals surface area contributed by atoms with Gasteiger partial charge in [-0.05, 0) is 12.1 Å². The summed E-state index contributed by atoms with van der Waals surface area (Å²) in [7, 11) is -2.13. The van der Waals surface area contributed by atoms with Gasteiger partial charge in [-0.3, -0.25) is 9.40 Å². The number of anilines is 1. The molecule has 9 heteroatoms. The SMILES string of the molecule is Cn1ccc(NS(=O)(=O)c2ccc(C(N)=S)cc2Cl)n1. The molecule has 0 unspecified atom stereocenters. The molecule has 0 atom stereocenters. The van der Waals surface area contributed by atoms with E-state index >= 15 is 0 Å². The first-order chi connectivity index (χ1) is 9.29. The minimum absolute atomic E-state index is 0.0405. The van der Waals surface area contributed by atoms with Crippen molar-refractivity contribution in [2.24, 2.45) is 12.8 Å². The number of nitrogens with one attached hydrogen (secondary N) is 1. The number of thiocarbonyl (C=S) groups is 1. The van der Waals surface area contributed by atoms with Gasteiger partial charge in [0.1, 0.15) is 9.88 Å². The molecule has 0 aliphatic rings. The summed E-state index contributed by atoms with van der Waals surface area (Å²) < 4.78 is 28.2. The molecule has 0 spiro atoms. The highest BCUT2D eigenvalue weighted by molar-refractivity contribution is 7.92. The Morgan fingerprint density at radius 1 is 1.45 bits per heavy atom. The molecule has 3 N–H and O–H groups in total. The number of benzene rings is 1. The summed E-state index contributed by atoms with van der Waals surface area (Å²) in [6.07, 6.45) is 1.62. The monoisotopic (exact) mass is 330 g/mol. The Bertz CT molecular complexity index is 770. The number of aromatic nitrogens is 2. The zero-order valence-electron chi connectivity index (χ0n) is 10.4. The second-order valence-corrected chi connectivity index (χ2v) is 6.49. The van der Waals surface area contributed by atoms with Gasteiger partial charge in [0.2, 0.25) is 0 Å². The molecule has 0 aliphatic heterocycles. The molecule has 0 aliphatic carbocycles. The lowest BCUT2D eigenvalue weighted by Gasteiger charge is -2.08. The fraction of sp³-hybridized carbons (Fsp3) is 0.0909. The van der Waals surface area contributed by atoms with E-state index in [2.05, 4.69) is 9.82 Å². The van der Waals surface area contributed by atoms with Crippen LogP contribution in [0.2, 0.25) is 5.02 Å². The van der Waals surface area contributed by atoms with Gasteiger partial charge < -0.3 is 5.73 Å². The Labute approximate surface area is 126 Å². The molecule has 20 heavy (non-hydrogen) atoms. The van der Waals surface area contributed by atoms with Gasteiger partial charge in [-0.25, -0.2) is 8.42 Å². The van der Waals surface area contributed by atoms with Crippen LogP contribution < -0.4 is 10.5 Å². The molecular weight excluding hydrogens is 320 g/mol. The van der Waals surface area contributed by atoms with Gasteiger partial charge in [0.05, 0.1) is 5.02 Å². The predicted octanol–water partition coefficient (Wildman–Crippen LogP) is 1.51. The number of rotatable bonds is 4. The van der Waals surface area contributed by atoms with Crippen molar-refractivity contribution in [3.05, 3.63) is 41.0 Å². The zero-order valence-corrected chi connectivity index (χ0v) is 12.8. The van der Waals surface area contributed by atoms with Crippen LogP contribution in [0.1, 0.15) is 5.56 Å². The fourth-order valence-electron chi connectivity index (χ4n) is 1.53. The average Bonchev–Trinajstić information content (AvgIpc) is 2.73. The zero-order chi connectivity index (χ0) is 14.9. The van der Waals surface area contributed by atoms with Crippen LogP contribution in [0.25, 0.3) is 0 Å². The van der Waals surface area contributed by atoms with Crippen LogP contribution in [-0.4, -0.2) is 23.2 Å². The van der Waals surface area contributed by atoms with Crippen molar-refractivity contribution in [2.75, 3.05) is 4.72 Å². The van der Waals surface area contributed by atoms with Crippen molar-refractivity contribution in [1.82, 2.24) is 9.78 Å². The first-order valence-corrected chi connectivity index (χ1v) is 7.68. The van der Waals surface area contributed by atoms with Crippen molar-refractivity contribution < 1.29 is 8.42 Å². The Balaban J connectivity index is 2.37. The Hall–Kier alpha value is -1.64. The Kier molecular flexibility index (Phi) is 3.98. The maximum atomic E-state index is 12.2. The van der Waals surface area contributed by atoms with Gasteiger partial charge in [0.25, 0.3) is 10.0 Å². The van der Waals surface area contributed by atoms with Gasteiger partial charge in [-0.2, -0.15) is 5.10 Å². The summed E-state index contributed by atoms with van der Waals surface area (Å²) in [6.45, 7) is 0. The molecule has 106 valence electrons. The number of hydrogen-bond donors (Lipinski definition) is 2. The summed E-state index contributed by atoms with van der Waals surface area (Å²) in [6, 6.07) is 5.80. The van der Waals surface area contributed by atoms with E-state index < -0.39 is 10.0 Å². The maximum Gasteiger partial charge on any atom is 0.264 e. The third-order valence-corrected chi connectivity index (χ3v) is 4.53. The van der Waals surface area contributed by atoms with Crippen LogP contribution in [0.15, 0.2) is 35.4 Å². The largest absolute Gasteiger partial charge is 0.389 e. The molecule has 1 aromatic carbocycles. The number of sulfonamides is 1. The summed E-state index contributed by atoms with van der Waals surface area (Å²) in [4.78, 5) is 0.0818. The molecule has 1 heterocycles. The highest BCUT2D eigenvalue weighted by Gasteiger charge is 2.19. The summed E-state index contributed by atoms with van der Waals surface area (Å²) in [5, 5.41) is 3.98. The molecule has 0 amide bonds. The van der Waals surface area contributed by atoms with E-state index in [9.17, 15) is 8.42 Å². The predicted molar refractivity (Wildman–Crippen MR) is 81.4 cm³/mol. The molecule has 0 saturated carbocycles. The average molecular weight is 331 g/mol. The smallest absolute Gasteiger partial charge is 0.264 e. The van der Waals surface area contributed by atoms with Crippen molar-refractivity contribution >= 4 is 44.6 Å². The minimum Gasteiger partial charge on any atom is -0.389 e. The van der Waals surface area contributed by atoms with Crippen LogP contribution >= 0.6 is 23.8 Å². The lowest BCUT2D eigenvalue weighted by atomic mass is 10.2. The second-order valence-electron chi connectivity index (χ2n) is 3.99. The first-order valence-electron chi connectivity index (χ1n) is 5.41. The first kappa shape index (κ1) is 14.8.